The van der Waals surface area contributed by atoms with Crippen molar-refractivity contribution in [2.45, 2.75) is 19.4 Å². The molecule has 9 nitrogen and oxygen atoms in total. The standard InChI is InChI=1S/C32H35Cl2N5O4S/c1-6-28(40)37-22-16-20(39-12-10-38(7-2)11-13-39)8-9-21(22)36-27-15-19-14-26(44-25(19)18-35-27)32(3,41)29-30(33)23(42-4)17-24(43-5)31(29)34/h6,8-9,14-18,41H,1,7,10-13H2,2-5H3,(H,35,36)(H,37,40). The molecule has 1 unspecified atom stereocenters. The Kier molecular flexibility index (Phi) is 9.57. The number of likely N-dealkylation sites (N-methyl/N-ethyl adjacent to an activating group) is 1. The molecule has 44 heavy (non-hydrogen) atoms. The fraction of sp³-hybridized carbons (Fsp3) is 0.312. The lowest BCUT2D eigenvalue weighted by atomic mass is 9.93. The number of piperazine rings is 1. The molecule has 4 aromatic rings. The number of carbonyl (C=O) groups excluding carboxylic acids is 1. The second-order valence-electron chi connectivity index (χ2n) is 10.5. The van der Waals surface area contributed by atoms with Crippen LogP contribution in [0.3, 0.4) is 0 Å². The van der Waals surface area contributed by atoms with Crippen molar-refractivity contribution in [3.8, 4) is 11.5 Å². The highest BCUT2D eigenvalue weighted by atomic mass is 35.5. The number of nitrogens with zero attached hydrogens (tertiary/aromatic N) is 3. The number of thiophene rings is 1. The van der Waals surface area contributed by atoms with Crippen LogP contribution in [-0.4, -0.2) is 67.8 Å². The van der Waals surface area contributed by atoms with E-state index in [-0.39, 0.29) is 21.5 Å². The quantitative estimate of drug-likeness (QED) is 0.159. The fourth-order valence-corrected chi connectivity index (χ4v) is 7.21. The van der Waals surface area contributed by atoms with Crippen LogP contribution in [0.5, 0.6) is 11.5 Å². The highest BCUT2D eigenvalue weighted by molar-refractivity contribution is 7.19. The summed E-state index contributed by atoms with van der Waals surface area (Å²) in [6.45, 7) is 12.3. The summed E-state index contributed by atoms with van der Waals surface area (Å²) in [5.41, 5.74) is 1.07. The van der Waals surface area contributed by atoms with E-state index in [2.05, 4.69) is 38.9 Å². The van der Waals surface area contributed by atoms with E-state index in [9.17, 15) is 9.90 Å². The van der Waals surface area contributed by atoms with Crippen LogP contribution in [-0.2, 0) is 10.4 Å². The number of ether oxygens (including phenoxy) is 2. The van der Waals surface area contributed by atoms with Crippen LogP contribution in [0.15, 0.2) is 55.3 Å². The molecule has 0 spiro atoms. The van der Waals surface area contributed by atoms with Gasteiger partial charge in [0.2, 0.25) is 5.91 Å². The monoisotopic (exact) mass is 655 g/mol. The van der Waals surface area contributed by atoms with Gasteiger partial charge in [0.05, 0.1) is 40.3 Å². The normalized spacial score (nSPS) is 15.1. The van der Waals surface area contributed by atoms with Crippen LogP contribution in [0.1, 0.15) is 24.3 Å². The number of halogens is 2. The van der Waals surface area contributed by atoms with Crippen molar-refractivity contribution in [2.75, 3.05) is 62.5 Å². The summed E-state index contributed by atoms with van der Waals surface area (Å²) < 4.78 is 11.7. The predicted octanol–water partition coefficient (Wildman–Crippen LogP) is 6.89. The topological polar surface area (TPSA) is 99.2 Å². The molecule has 1 aliphatic heterocycles. The molecule has 1 saturated heterocycles. The SMILES string of the molecule is C=CC(=O)Nc1cc(N2CCN(CC)CC2)ccc1Nc1cc2cc(C(C)(O)c3c(Cl)c(OC)cc(OC)c3Cl)sc2cn1. The minimum atomic E-state index is -1.56. The number of fused-ring (bicyclic) bond motifs is 1. The van der Waals surface area contributed by atoms with Gasteiger partial charge in [0, 0.05) is 54.6 Å². The summed E-state index contributed by atoms with van der Waals surface area (Å²) in [5.74, 6) is 0.941. The molecule has 1 atom stereocenters. The molecule has 12 heteroatoms. The Labute approximate surface area is 271 Å². The average molecular weight is 657 g/mol. The Morgan fingerprint density at radius 2 is 1.77 bits per heavy atom. The summed E-state index contributed by atoms with van der Waals surface area (Å²) in [4.78, 5) is 22.3. The number of hydrogen-bond acceptors (Lipinski definition) is 9. The summed E-state index contributed by atoms with van der Waals surface area (Å²) >= 11 is 14.7. The maximum Gasteiger partial charge on any atom is 0.247 e. The van der Waals surface area contributed by atoms with Crippen LogP contribution in [0.4, 0.5) is 22.9 Å². The zero-order chi connectivity index (χ0) is 31.6. The summed E-state index contributed by atoms with van der Waals surface area (Å²) in [6, 6.07) is 11.3. The molecule has 232 valence electrons. The first-order valence-electron chi connectivity index (χ1n) is 14.1. The van der Waals surface area contributed by atoms with Gasteiger partial charge in [0.1, 0.15) is 22.9 Å². The molecule has 1 aliphatic rings. The van der Waals surface area contributed by atoms with Crippen LogP contribution >= 0.6 is 34.5 Å². The first-order chi connectivity index (χ1) is 21.1. The molecule has 3 N–H and O–H groups in total. The third-order valence-electron chi connectivity index (χ3n) is 7.84. The van der Waals surface area contributed by atoms with Crippen molar-refractivity contribution in [1.29, 1.82) is 0 Å². The van der Waals surface area contributed by atoms with Crippen molar-refractivity contribution < 1.29 is 19.4 Å². The lowest BCUT2D eigenvalue weighted by Crippen LogP contribution is -2.46. The van der Waals surface area contributed by atoms with Crippen LogP contribution < -0.4 is 25.0 Å². The van der Waals surface area contributed by atoms with Gasteiger partial charge in [-0.2, -0.15) is 0 Å². The van der Waals surface area contributed by atoms with Crippen molar-refractivity contribution in [2.24, 2.45) is 0 Å². The van der Waals surface area contributed by atoms with Crippen LogP contribution in [0.25, 0.3) is 10.1 Å². The molecule has 2 aromatic carbocycles. The molecule has 1 amide bonds. The molecule has 1 fully saturated rings. The Hall–Kier alpha value is -3.54. The highest BCUT2D eigenvalue weighted by Crippen LogP contribution is 2.49. The number of nitrogens with one attached hydrogen (secondary N) is 2. The summed E-state index contributed by atoms with van der Waals surface area (Å²) in [5, 5.41) is 19.3. The van der Waals surface area contributed by atoms with E-state index in [0.717, 1.165) is 48.5 Å². The molecule has 5 rings (SSSR count). The van der Waals surface area contributed by atoms with Gasteiger partial charge in [0.15, 0.2) is 0 Å². The van der Waals surface area contributed by atoms with Crippen LogP contribution in [0, 0.1) is 0 Å². The zero-order valence-corrected chi connectivity index (χ0v) is 27.4. The van der Waals surface area contributed by atoms with E-state index in [1.807, 2.05) is 30.3 Å². The predicted molar refractivity (Wildman–Crippen MR) is 181 cm³/mol. The van der Waals surface area contributed by atoms with Gasteiger partial charge in [-0.25, -0.2) is 4.98 Å². The molecule has 0 aliphatic carbocycles. The second-order valence-corrected chi connectivity index (χ2v) is 12.4. The number of aliphatic hydroxyl groups is 1. The second kappa shape index (κ2) is 13.2. The van der Waals surface area contributed by atoms with Gasteiger partial charge < -0.3 is 35.0 Å². The Bertz CT molecular complexity index is 1670. The van der Waals surface area contributed by atoms with Gasteiger partial charge in [-0.05, 0) is 55.3 Å². The van der Waals surface area contributed by atoms with Crippen molar-refractivity contribution >= 4 is 73.4 Å². The summed E-state index contributed by atoms with van der Waals surface area (Å²) in [6.07, 6.45) is 2.98. The van der Waals surface area contributed by atoms with E-state index in [1.54, 1.807) is 19.2 Å². The Morgan fingerprint density at radius 3 is 2.39 bits per heavy atom. The molecular formula is C32H35Cl2N5O4S. The number of amides is 1. The lowest BCUT2D eigenvalue weighted by molar-refractivity contribution is -0.111. The number of hydrogen-bond donors (Lipinski definition) is 3. The number of anilines is 4. The molecule has 2 aromatic heterocycles. The number of pyridine rings is 1. The minimum absolute atomic E-state index is 0.200. The maximum atomic E-state index is 12.3. The highest BCUT2D eigenvalue weighted by Gasteiger charge is 2.35. The molecule has 0 bridgehead atoms. The first kappa shape index (κ1) is 31.9. The number of aromatic nitrogens is 1. The summed E-state index contributed by atoms with van der Waals surface area (Å²) in [7, 11) is 2.98. The number of methoxy groups -OCH3 is 2. The number of benzene rings is 2. The molecule has 0 radical (unpaired) electrons. The van der Waals surface area contributed by atoms with Gasteiger partial charge in [-0.15, -0.1) is 11.3 Å². The Balaban J connectivity index is 1.46. The van der Waals surface area contributed by atoms with E-state index >= 15 is 0 Å². The van der Waals surface area contributed by atoms with Crippen molar-refractivity contribution in [3.63, 3.8) is 0 Å². The largest absolute Gasteiger partial charge is 0.495 e. The van der Waals surface area contributed by atoms with Gasteiger partial charge >= 0.3 is 0 Å². The average Bonchev–Trinajstić information content (AvgIpc) is 3.46. The first-order valence-corrected chi connectivity index (χ1v) is 15.7. The Morgan fingerprint density at radius 1 is 1.09 bits per heavy atom. The van der Waals surface area contributed by atoms with Gasteiger partial charge in [0.25, 0.3) is 0 Å². The minimum Gasteiger partial charge on any atom is -0.495 e. The molecular weight excluding hydrogens is 621 g/mol. The smallest absolute Gasteiger partial charge is 0.247 e. The van der Waals surface area contributed by atoms with Crippen molar-refractivity contribution in [1.82, 2.24) is 9.88 Å². The lowest BCUT2D eigenvalue weighted by Gasteiger charge is -2.35. The number of carbonyl (C=O) groups is 1. The van der Waals surface area contributed by atoms with E-state index in [1.165, 1.54) is 31.6 Å². The number of rotatable bonds is 10. The van der Waals surface area contributed by atoms with Gasteiger partial charge in [-0.3, -0.25) is 4.79 Å². The van der Waals surface area contributed by atoms with E-state index < -0.39 is 5.60 Å². The fourth-order valence-electron chi connectivity index (χ4n) is 5.28. The third-order valence-corrected chi connectivity index (χ3v) is 9.88. The zero-order valence-electron chi connectivity index (χ0n) is 25.0. The maximum absolute atomic E-state index is 12.3. The van der Waals surface area contributed by atoms with E-state index in [0.29, 0.717) is 33.6 Å². The van der Waals surface area contributed by atoms with E-state index in [4.69, 9.17) is 32.7 Å². The third kappa shape index (κ3) is 6.31. The van der Waals surface area contributed by atoms with Gasteiger partial charge in [-0.1, -0.05) is 36.7 Å². The van der Waals surface area contributed by atoms with Crippen LogP contribution in [0.2, 0.25) is 10.0 Å². The molecule has 3 heterocycles. The molecule has 0 saturated carbocycles. The van der Waals surface area contributed by atoms with Crippen molar-refractivity contribution in [3.05, 3.63) is 75.7 Å².